The van der Waals surface area contributed by atoms with Crippen molar-refractivity contribution < 1.29 is 45.4 Å². The lowest BCUT2D eigenvalue weighted by Crippen LogP contribution is -2.68. The molecule has 2 aliphatic rings. The minimum atomic E-state index is -4.97. The van der Waals surface area contributed by atoms with Gasteiger partial charge in [-0.1, -0.05) is 20.8 Å². The van der Waals surface area contributed by atoms with Gasteiger partial charge in [-0.3, -0.25) is 4.90 Å². The Kier molecular flexibility index (Phi) is 6.48. The van der Waals surface area contributed by atoms with Gasteiger partial charge in [0.15, 0.2) is 12.4 Å². The molecule has 1 aromatic heterocycles. The molecule has 0 saturated carbocycles. The zero-order valence-electron chi connectivity index (χ0n) is 19.8. The molecule has 2 bridgehead atoms. The topological polar surface area (TPSA) is 78.8 Å². The first-order chi connectivity index (χ1) is 16.9. The van der Waals surface area contributed by atoms with Gasteiger partial charge in [0.1, 0.15) is 11.3 Å². The van der Waals surface area contributed by atoms with Crippen molar-refractivity contribution in [1.29, 1.82) is 0 Å². The average Bonchev–Trinajstić information content (AvgIpc) is 3.01. The fourth-order valence-electron chi connectivity index (χ4n) is 5.27. The number of rotatable bonds is 3. The van der Waals surface area contributed by atoms with Crippen LogP contribution in [0.4, 0.5) is 41.3 Å². The van der Waals surface area contributed by atoms with Crippen LogP contribution in [0, 0.1) is 11.2 Å². The molecule has 4 rings (SSSR count). The second kappa shape index (κ2) is 8.73. The van der Waals surface area contributed by atoms with Crippen LogP contribution < -0.4 is 9.64 Å². The molecule has 37 heavy (non-hydrogen) atoms. The Morgan fingerprint density at radius 1 is 1.22 bits per heavy atom. The normalized spacial score (nSPS) is 22.6. The second-order valence-corrected chi connectivity index (χ2v) is 11.0. The maximum Gasteiger partial charge on any atom is 0.422 e. The van der Waals surface area contributed by atoms with Gasteiger partial charge >= 0.3 is 24.5 Å². The minimum absolute atomic E-state index is 0.0199. The number of fused-ring (bicyclic) bond motifs is 3. The number of nitrogens with zero attached hydrogens (tertiary/aromatic N) is 4. The number of alkyl halides is 6. The monoisotopic (exact) mass is 602 g/mol. The van der Waals surface area contributed by atoms with Crippen molar-refractivity contribution >= 4 is 38.7 Å². The number of benzene rings is 1. The van der Waals surface area contributed by atoms with E-state index in [1.807, 2.05) is 20.8 Å². The van der Waals surface area contributed by atoms with E-state index in [0.29, 0.717) is 18.9 Å². The van der Waals surface area contributed by atoms with Crippen LogP contribution in [0.1, 0.15) is 39.2 Å². The van der Waals surface area contributed by atoms with E-state index in [9.17, 15) is 36.2 Å². The number of carbonyl (C=O) groups is 1. The van der Waals surface area contributed by atoms with Crippen molar-refractivity contribution in [3.05, 3.63) is 21.9 Å². The lowest BCUT2D eigenvalue weighted by Gasteiger charge is -2.54. The molecule has 15 heteroatoms. The Morgan fingerprint density at radius 2 is 1.86 bits per heavy atom. The predicted molar refractivity (Wildman–Crippen MR) is 121 cm³/mol. The van der Waals surface area contributed by atoms with Crippen molar-refractivity contribution in [2.75, 3.05) is 24.6 Å². The molecule has 0 unspecified atom stereocenters. The van der Waals surface area contributed by atoms with Gasteiger partial charge in [0, 0.05) is 18.5 Å². The van der Waals surface area contributed by atoms with Crippen molar-refractivity contribution in [3.8, 4) is 6.01 Å². The molecule has 1 amide bonds. The van der Waals surface area contributed by atoms with Crippen molar-refractivity contribution in [3.63, 3.8) is 0 Å². The predicted octanol–water partition coefficient (Wildman–Crippen LogP) is 6.24. The minimum Gasteiger partial charge on any atom is -0.465 e. The third-order valence-electron chi connectivity index (χ3n) is 7.00. The summed E-state index contributed by atoms with van der Waals surface area (Å²) in [5.74, 6) is -1.72. The lowest BCUT2D eigenvalue weighted by atomic mass is 9.71. The number of piperazine rings is 1. The molecule has 0 radical (unpaired) electrons. The Bertz CT molecular complexity index is 1250. The number of aromatic nitrogens is 2. The molecule has 2 atom stereocenters. The van der Waals surface area contributed by atoms with Gasteiger partial charge in [-0.05, 0) is 40.3 Å². The van der Waals surface area contributed by atoms with Gasteiger partial charge in [0.25, 0.3) is 0 Å². The number of ether oxygens (including phenoxy) is 1. The van der Waals surface area contributed by atoms with Crippen molar-refractivity contribution in [2.45, 2.75) is 57.5 Å². The smallest absolute Gasteiger partial charge is 0.422 e. The SMILES string of the molecule is CC(C)(C)[C@]12CC[C@@H](CN(c3nc(OCC(F)(F)F)nc4c(F)c(Br)c(C(F)(F)F)cc34)C1)N2C(=O)O. The first-order valence-corrected chi connectivity index (χ1v) is 11.9. The molecule has 2 aromatic rings. The largest absolute Gasteiger partial charge is 0.465 e. The van der Waals surface area contributed by atoms with Gasteiger partial charge in [-0.25, -0.2) is 9.18 Å². The third-order valence-corrected chi connectivity index (χ3v) is 7.78. The highest BCUT2D eigenvalue weighted by atomic mass is 79.9. The van der Waals surface area contributed by atoms with E-state index < -0.39 is 69.4 Å². The number of carboxylic acid groups (broad SMARTS) is 1. The van der Waals surface area contributed by atoms with Crippen LogP contribution in [0.2, 0.25) is 0 Å². The lowest BCUT2D eigenvalue weighted by molar-refractivity contribution is -0.154. The highest BCUT2D eigenvalue weighted by Gasteiger charge is 2.59. The van der Waals surface area contributed by atoms with Crippen molar-refractivity contribution in [2.24, 2.45) is 5.41 Å². The van der Waals surface area contributed by atoms with Gasteiger partial charge in [0.05, 0.1) is 21.6 Å². The zero-order valence-corrected chi connectivity index (χ0v) is 21.4. The molecule has 204 valence electrons. The van der Waals surface area contributed by atoms with E-state index in [0.717, 1.165) is 0 Å². The van der Waals surface area contributed by atoms with Crippen molar-refractivity contribution in [1.82, 2.24) is 14.9 Å². The first-order valence-electron chi connectivity index (χ1n) is 11.1. The average molecular weight is 603 g/mol. The highest BCUT2D eigenvalue weighted by Crippen LogP contribution is 2.51. The summed E-state index contributed by atoms with van der Waals surface area (Å²) in [7, 11) is 0. The molecule has 2 aliphatic heterocycles. The van der Waals surface area contributed by atoms with Crippen LogP contribution in [0.5, 0.6) is 6.01 Å². The Balaban J connectivity index is 1.93. The van der Waals surface area contributed by atoms with Gasteiger partial charge in [0.2, 0.25) is 0 Å². The maximum absolute atomic E-state index is 15.2. The fraction of sp³-hybridized carbons (Fsp3) is 0.591. The first kappa shape index (κ1) is 27.5. The molecule has 3 heterocycles. The molecule has 0 spiro atoms. The van der Waals surface area contributed by atoms with E-state index in [1.165, 1.54) is 9.80 Å². The molecule has 2 saturated heterocycles. The Morgan fingerprint density at radius 3 is 2.41 bits per heavy atom. The fourth-order valence-corrected chi connectivity index (χ4v) is 5.79. The number of amides is 1. The van der Waals surface area contributed by atoms with Crippen LogP contribution in [-0.4, -0.2) is 63.5 Å². The Hall–Kier alpha value is -2.58. The van der Waals surface area contributed by atoms with Crippen LogP contribution in [0.3, 0.4) is 0 Å². The van der Waals surface area contributed by atoms with E-state index in [2.05, 4.69) is 30.6 Å². The second-order valence-electron chi connectivity index (χ2n) is 10.2. The molecule has 1 N–H and O–H groups in total. The zero-order chi connectivity index (χ0) is 27.7. The van der Waals surface area contributed by atoms with E-state index >= 15 is 4.39 Å². The summed E-state index contributed by atoms with van der Waals surface area (Å²) < 4.78 is 98.3. The van der Waals surface area contributed by atoms with Gasteiger partial charge < -0.3 is 14.7 Å². The summed E-state index contributed by atoms with van der Waals surface area (Å²) in [5, 5.41) is 9.55. The van der Waals surface area contributed by atoms with E-state index in [-0.39, 0.29) is 24.3 Å². The van der Waals surface area contributed by atoms with E-state index in [4.69, 9.17) is 0 Å². The number of hydrogen-bond acceptors (Lipinski definition) is 5. The number of anilines is 1. The van der Waals surface area contributed by atoms with Gasteiger partial charge in [-0.2, -0.15) is 36.3 Å². The number of halogens is 8. The summed E-state index contributed by atoms with van der Waals surface area (Å²) in [6.45, 7) is 3.61. The Labute approximate surface area is 214 Å². The molecular weight excluding hydrogens is 581 g/mol. The standard InChI is InChI=1S/C22H22BrF7N4O3/c1-19(2,3)20-5-4-10(34(20)18(35)36)7-33(8-20)16-11-6-12(22(28,29)30)13(23)14(24)15(11)31-17(32-16)37-9-21(25,26)27/h6,10H,4-5,7-9H2,1-3H3,(H,35,36)/t10-,20-/m0/s1. The molecular formula is C22H22BrF7N4O3. The van der Waals surface area contributed by atoms with E-state index in [1.54, 1.807) is 0 Å². The quantitative estimate of drug-likeness (QED) is 0.419. The van der Waals surface area contributed by atoms with Crippen LogP contribution in [-0.2, 0) is 6.18 Å². The molecule has 0 aliphatic carbocycles. The highest BCUT2D eigenvalue weighted by molar-refractivity contribution is 9.10. The maximum atomic E-state index is 15.2. The van der Waals surface area contributed by atoms with Crippen LogP contribution in [0.15, 0.2) is 10.5 Å². The summed E-state index contributed by atoms with van der Waals surface area (Å²) in [4.78, 5) is 22.6. The number of hydrogen-bond donors (Lipinski definition) is 1. The van der Waals surface area contributed by atoms with Gasteiger partial charge in [-0.15, -0.1) is 0 Å². The molecule has 2 fully saturated rings. The van der Waals surface area contributed by atoms with Crippen LogP contribution in [0.25, 0.3) is 10.9 Å². The summed E-state index contributed by atoms with van der Waals surface area (Å²) in [6, 6.07) is -0.818. The summed E-state index contributed by atoms with van der Waals surface area (Å²) in [5.41, 5.74) is -3.65. The molecule has 1 aromatic carbocycles. The van der Waals surface area contributed by atoms with Crippen LogP contribution >= 0.6 is 15.9 Å². The summed E-state index contributed by atoms with van der Waals surface area (Å²) >= 11 is 2.58. The summed E-state index contributed by atoms with van der Waals surface area (Å²) in [6.07, 6.45) is -10.0. The third kappa shape index (κ3) is 4.74. The molecule has 7 nitrogen and oxygen atoms in total.